The number of aromatic nitrogens is 1. The summed E-state index contributed by atoms with van der Waals surface area (Å²) >= 11 is 0. The van der Waals surface area contributed by atoms with Crippen molar-refractivity contribution >= 4 is 12.9 Å². The summed E-state index contributed by atoms with van der Waals surface area (Å²) in [7, 11) is -5.28. The van der Waals surface area contributed by atoms with Crippen molar-refractivity contribution in [3.05, 3.63) is 96.3 Å². The van der Waals surface area contributed by atoms with Crippen LogP contribution in [0.4, 0.5) is 30.7 Å². The SMILES string of the molecule is Cc1ccc(-c2noc(C(F)(F)C(F)(F)C(F)(F)F)c2P(=O)(Oc2ccccc2)Oc2ccccc2)cc1. The summed E-state index contributed by atoms with van der Waals surface area (Å²) in [5.41, 5.74) is -0.120. The van der Waals surface area contributed by atoms with E-state index < -0.39 is 42.4 Å². The van der Waals surface area contributed by atoms with Gasteiger partial charge >= 0.3 is 25.6 Å². The number of rotatable bonds is 8. The first-order valence-electron chi connectivity index (χ1n) is 10.8. The molecule has 0 radical (unpaired) electrons. The number of aryl methyl sites for hydroxylation is 1. The second-order valence-corrected chi connectivity index (χ2v) is 9.83. The van der Waals surface area contributed by atoms with Gasteiger partial charge in [0.2, 0.25) is 5.76 Å². The number of halogens is 7. The fourth-order valence-corrected chi connectivity index (χ4v) is 5.19. The van der Waals surface area contributed by atoms with E-state index in [-0.39, 0.29) is 17.1 Å². The van der Waals surface area contributed by atoms with Crippen molar-refractivity contribution in [2.75, 3.05) is 0 Å². The van der Waals surface area contributed by atoms with E-state index in [2.05, 4.69) is 9.68 Å². The van der Waals surface area contributed by atoms with Gasteiger partial charge < -0.3 is 13.6 Å². The molecule has 1 heterocycles. The summed E-state index contributed by atoms with van der Waals surface area (Å²) in [6.07, 6.45) is -6.70. The molecule has 0 spiro atoms. The van der Waals surface area contributed by atoms with Crippen LogP contribution in [0.1, 0.15) is 11.3 Å². The molecular formula is C25H17F7NO4P. The minimum Gasteiger partial charge on any atom is -0.413 e. The van der Waals surface area contributed by atoms with Crippen LogP contribution in [0.5, 0.6) is 11.5 Å². The van der Waals surface area contributed by atoms with Crippen molar-refractivity contribution in [2.45, 2.75) is 24.9 Å². The van der Waals surface area contributed by atoms with E-state index >= 15 is 8.78 Å². The maximum atomic E-state index is 15.1. The molecule has 0 fully saturated rings. The highest BCUT2D eigenvalue weighted by molar-refractivity contribution is 7.63. The number of hydrogen-bond donors (Lipinski definition) is 0. The van der Waals surface area contributed by atoms with Gasteiger partial charge in [-0.25, -0.2) is 4.57 Å². The standard InChI is InChI=1S/C25H17F7NO4P/c1-16-12-14-17(15-13-16)20-21(22(35-33-20)23(26,27)24(28,29)25(30,31)32)38(34,36-18-8-4-2-5-9-18)37-19-10-6-3-7-11-19/h2-15H,1H3. The van der Waals surface area contributed by atoms with Gasteiger partial charge in [0, 0.05) is 5.56 Å². The zero-order valence-corrected chi connectivity index (χ0v) is 20.2. The maximum absolute atomic E-state index is 15.1. The minimum atomic E-state index is -6.70. The Labute approximate surface area is 211 Å². The van der Waals surface area contributed by atoms with Crippen LogP contribution in [0.25, 0.3) is 11.3 Å². The zero-order valence-electron chi connectivity index (χ0n) is 19.3. The Morgan fingerprint density at radius 3 is 1.66 bits per heavy atom. The fraction of sp³-hybridized carbons (Fsp3) is 0.160. The normalized spacial score (nSPS) is 12.8. The molecule has 4 aromatic rings. The first kappa shape index (κ1) is 27.3. The Bertz CT molecular complexity index is 1390. The molecule has 0 bridgehead atoms. The van der Waals surface area contributed by atoms with E-state index in [0.717, 1.165) is 0 Å². The molecule has 3 aromatic carbocycles. The predicted octanol–water partition coefficient (Wildman–Crippen LogP) is 7.92. The molecule has 0 aliphatic carbocycles. The van der Waals surface area contributed by atoms with Crippen LogP contribution in [-0.2, 0) is 10.5 Å². The smallest absolute Gasteiger partial charge is 0.413 e. The topological polar surface area (TPSA) is 61.6 Å². The molecule has 0 atom stereocenters. The summed E-state index contributed by atoms with van der Waals surface area (Å²) in [4.78, 5) is 0. The number of alkyl halides is 7. The van der Waals surface area contributed by atoms with Gasteiger partial charge in [-0.05, 0) is 31.2 Å². The van der Waals surface area contributed by atoms with Crippen molar-refractivity contribution < 1.29 is 48.9 Å². The number of benzene rings is 3. The molecule has 0 aliphatic heterocycles. The van der Waals surface area contributed by atoms with E-state index in [1.807, 2.05) is 0 Å². The Morgan fingerprint density at radius 1 is 0.737 bits per heavy atom. The average Bonchev–Trinajstić information content (AvgIpc) is 3.32. The van der Waals surface area contributed by atoms with Crippen LogP contribution in [0.15, 0.2) is 89.5 Å². The molecule has 5 nitrogen and oxygen atoms in total. The van der Waals surface area contributed by atoms with Crippen molar-refractivity contribution in [3.63, 3.8) is 0 Å². The van der Waals surface area contributed by atoms with Crippen LogP contribution in [0, 0.1) is 6.92 Å². The van der Waals surface area contributed by atoms with E-state index in [0.29, 0.717) is 5.56 Å². The minimum absolute atomic E-state index is 0.0831. The summed E-state index contributed by atoms with van der Waals surface area (Å²) in [6.45, 7) is 1.68. The van der Waals surface area contributed by atoms with Gasteiger partial charge in [-0.3, -0.25) is 0 Å². The Morgan fingerprint density at radius 2 is 1.21 bits per heavy atom. The molecule has 1 aromatic heterocycles. The number of hydrogen-bond acceptors (Lipinski definition) is 5. The molecule has 0 saturated heterocycles. The van der Waals surface area contributed by atoms with Crippen LogP contribution < -0.4 is 14.4 Å². The highest BCUT2D eigenvalue weighted by atomic mass is 31.2. The Balaban J connectivity index is 2.02. The number of para-hydroxylation sites is 2. The lowest BCUT2D eigenvalue weighted by molar-refractivity contribution is -0.363. The summed E-state index contributed by atoms with van der Waals surface area (Å²) in [6, 6.07) is 19.3. The van der Waals surface area contributed by atoms with Crippen LogP contribution >= 0.6 is 7.60 Å². The zero-order chi connectivity index (χ0) is 27.8. The lowest BCUT2D eigenvalue weighted by atomic mass is 10.1. The highest BCUT2D eigenvalue weighted by Crippen LogP contribution is 2.57. The summed E-state index contributed by atoms with van der Waals surface area (Å²) in [5, 5.41) is 1.95. The highest BCUT2D eigenvalue weighted by Gasteiger charge is 2.76. The molecule has 0 aliphatic rings. The Kier molecular flexibility index (Phi) is 7.05. The summed E-state index contributed by atoms with van der Waals surface area (Å²) < 4.78 is 127. The molecule has 38 heavy (non-hydrogen) atoms. The second kappa shape index (κ2) is 9.83. The van der Waals surface area contributed by atoms with Crippen LogP contribution in [-0.4, -0.2) is 17.3 Å². The molecule has 0 saturated carbocycles. The molecule has 0 amide bonds. The average molecular weight is 559 g/mol. The molecule has 0 N–H and O–H groups in total. The molecule has 4 rings (SSSR count). The monoisotopic (exact) mass is 559 g/mol. The molecule has 13 heteroatoms. The third-order valence-electron chi connectivity index (χ3n) is 5.24. The van der Waals surface area contributed by atoms with Gasteiger partial charge in [-0.2, -0.15) is 30.7 Å². The second-order valence-electron chi connectivity index (χ2n) is 8.03. The molecule has 200 valence electrons. The first-order chi connectivity index (χ1) is 17.8. The lowest BCUT2D eigenvalue weighted by Gasteiger charge is -2.28. The third-order valence-corrected chi connectivity index (χ3v) is 7.10. The van der Waals surface area contributed by atoms with Gasteiger partial charge in [0.05, 0.1) is 0 Å². The van der Waals surface area contributed by atoms with Gasteiger partial charge in [0.1, 0.15) is 17.2 Å². The van der Waals surface area contributed by atoms with Gasteiger partial charge in [0.25, 0.3) is 0 Å². The largest absolute Gasteiger partial charge is 0.469 e. The molecular weight excluding hydrogens is 542 g/mol. The van der Waals surface area contributed by atoms with Crippen LogP contribution in [0.3, 0.4) is 0 Å². The predicted molar refractivity (Wildman–Crippen MR) is 123 cm³/mol. The van der Waals surface area contributed by atoms with Crippen LogP contribution in [0.2, 0.25) is 0 Å². The van der Waals surface area contributed by atoms with E-state index in [1.54, 1.807) is 6.92 Å². The summed E-state index contributed by atoms with van der Waals surface area (Å²) in [5.74, 6) is -15.5. The first-order valence-corrected chi connectivity index (χ1v) is 12.3. The third kappa shape index (κ3) is 5.00. The molecule has 0 unspecified atom stereocenters. The Hall–Kier alpha value is -3.79. The number of nitrogens with zero attached hydrogens (tertiary/aromatic N) is 1. The fourth-order valence-electron chi connectivity index (χ4n) is 3.32. The van der Waals surface area contributed by atoms with Gasteiger partial charge in [-0.15, -0.1) is 0 Å². The van der Waals surface area contributed by atoms with Gasteiger partial charge in [-0.1, -0.05) is 71.4 Å². The van der Waals surface area contributed by atoms with Crippen molar-refractivity contribution in [1.82, 2.24) is 5.16 Å². The van der Waals surface area contributed by atoms with Gasteiger partial charge in [0.15, 0.2) is 5.30 Å². The van der Waals surface area contributed by atoms with E-state index in [9.17, 15) is 26.5 Å². The van der Waals surface area contributed by atoms with E-state index in [1.165, 1.54) is 84.9 Å². The lowest BCUT2D eigenvalue weighted by Crippen LogP contribution is -2.51. The van der Waals surface area contributed by atoms with Crippen molar-refractivity contribution in [3.8, 4) is 22.8 Å². The van der Waals surface area contributed by atoms with Crippen molar-refractivity contribution in [1.29, 1.82) is 0 Å². The van der Waals surface area contributed by atoms with Crippen molar-refractivity contribution in [2.24, 2.45) is 0 Å². The maximum Gasteiger partial charge on any atom is 0.469 e. The quantitative estimate of drug-likeness (QED) is 0.162. The van der Waals surface area contributed by atoms with E-state index in [4.69, 9.17) is 9.05 Å².